The van der Waals surface area contributed by atoms with Gasteiger partial charge in [0.1, 0.15) is 11.5 Å². The predicted molar refractivity (Wildman–Crippen MR) is 87.3 cm³/mol. The minimum atomic E-state index is -0.833. The molecule has 2 rings (SSSR count). The van der Waals surface area contributed by atoms with Crippen LogP contribution in [0.25, 0.3) is 11.1 Å². The van der Waals surface area contributed by atoms with E-state index in [2.05, 4.69) is 6.58 Å². The van der Waals surface area contributed by atoms with E-state index in [9.17, 15) is 5.11 Å². The maximum absolute atomic E-state index is 9.88. The van der Waals surface area contributed by atoms with Crippen molar-refractivity contribution in [1.82, 2.24) is 0 Å². The molecule has 4 heteroatoms. The van der Waals surface area contributed by atoms with Gasteiger partial charge in [0, 0.05) is 18.1 Å². The third-order valence-electron chi connectivity index (χ3n) is 2.84. The topological polar surface area (TPSA) is 66.8 Å². The van der Waals surface area contributed by atoms with Gasteiger partial charge in [-0.3, -0.25) is 4.79 Å². The van der Waals surface area contributed by atoms with Crippen LogP contribution in [-0.4, -0.2) is 23.3 Å². The van der Waals surface area contributed by atoms with E-state index in [1.807, 2.05) is 36.4 Å². The molecule has 0 aromatic heterocycles. The number of hydrogen-bond donors (Lipinski definition) is 2. The fourth-order valence-corrected chi connectivity index (χ4v) is 1.95. The van der Waals surface area contributed by atoms with Crippen molar-refractivity contribution >= 4 is 5.97 Å². The van der Waals surface area contributed by atoms with E-state index >= 15 is 0 Å². The van der Waals surface area contributed by atoms with Crippen molar-refractivity contribution in [2.75, 3.05) is 7.11 Å². The molecule has 0 aliphatic heterocycles. The number of phenols is 1. The molecule has 0 aliphatic rings. The molecule has 2 aromatic rings. The van der Waals surface area contributed by atoms with E-state index in [0.29, 0.717) is 0 Å². The van der Waals surface area contributed by atoms with E-state index in [1.165, 1.54) is 0 Å². The number of carboxylic acids is 1. The first-order valence-corrected chi connectivity index (χ1v) is 6.75. The summed E-state index contributed by atoms with van der Waals surface area (Å²) >= 11 is 0. The van der Waals surface area contributed by atoms with Crippen molar-refractivity contribution < 1.29 is 19.7 Å². The molecule has 0 spiro atoms. The van der Waals surface area contributed by atoms with Crippen LogP contribution < -0.4 is 4.74 Å². The van der Waals surface area contributed by atoms with Gasteiger partial charge in [0.05, 0.1) is 7.11 Å². The third kappa shape index (κ3) is 4.98. The van der Waals surface area contributed by atoms with Gasteiger partial charge < -0.3 is 14.9 Å². The summed E-state index contributed by atoms with van der Waals surface area (Å²) in [4.78, 5) is 9.00. The SMILES string of the molecule is C=CCc1ccc(-c2ccccc2O)c(OC)c1.CC(=O)O. The zero-order valence-corrected chi connectivity index (χ0v) is 12.7. The Kier molecular flexibility index (Phi) is 6.70. The molecule has 0 saturated carbocycles. The van der Waals surface area contributed by atoms with Gasteiger partial charge in [-0.2, -0.15) is 0 Å². The standard InChI is InChI=1S/C16H16O2.C2H4O2/c1-3-6-12-9-10-14(16(11-12)18-2)13-7-4-5-8-15(13)17;1-2(3)4/h3-5,7-11,17H,1,6H2,2H3;1H3,(H,3,4). The summed E-state index contributed by atoms with van der Waals surface area (Å²) in [6.07, 6.45) is 2.66. The van der Waals surface area contributed by atoms with E-state index in [1.54, 1.807) is 19.2 Å². The Hall–Kier alpha value is -2.75. The van der Waals surface area contributed by atoms with Crippen LogP contribution >= 0.6 is 0 Å². The second-order valence-corrected chi connectivity index (χ2v) is 4.56. The maximum atomic E-state index is 9.88. The summed E-state index contributed by atoms with van der Waals surface area (Å²) in [6, 6.07) is 13.2. The van der Waals surface area contributed by atoms with Crippen LogP contribution in [0.4, 0.5) is 0 Å². The number of para-hydroxylation sites is 1. The lowest BCUT2D eigenvalue weighted by atomic mass is 10.0. The molecule has 0 aliphatic carbocycles. The van der Waals surface area contributed by atoms with Gasteiger partial charge in [-0.1, -0.05) is 36.4 Å². The summed E-state index contributed by atoms with van der Waals surface area (Å²) in [7, 11) is 1.64. The molecule has 2 N–H and O–H groups in total. The van der Waals surface area contributed by atoms with Crippen LogP contribution in [0.1, 0.15) is 12.5 Å². The molecule has 4 nitrogen and oxygen atoms in total. The Labute approximate surface area is 130 Å². The first-order valence-electron chi connectivity index (χ1n) is 6.75. The fourth-order valence-electron chi connectivity index (χ4n) is 1.95. The number of ether oxygens (including phenoxy) is 1. The van der Waals surface area contributed by atoms with Crippen LogP contribution in [0.15, 0.2) is 55.1 Å². The van der Waals surface area contributed by atoms with Crippen molar-refractivity contribution in [3.63, 3.8) is 0 Å². The highest BCUT2D eigenvalue weighted by atomic mass is 16.5. The molecular weight excluding hydrogens is 280 g/mol. The minimum absolute atomic E-state index is 0.257. The lowest BCUT2D eigenvalue weighted by Crippen LogP contribution is -1.91. The van der Waals surface area contributed by atoms with E-state index in [0.717, 1.165) is 35.8 Å². The van der Waals surface area contributed by atoms with Crippen molar-refractivity contribution in [2.24, 2.45) is 0 Å². The van der Waals surface area contributed by atoms with E-state index in [-0.39, 0.29) is 5.75 Å². The summed E-state index contributed by atoms with van der Waals surface area (Å²) in [5.74, 6) is 0.183. The molecule has 0 bridgehead atoms. The average Bonchev–Trinajstić information content (AvgIpc) is 2.48. The molecule has 0 fully saturated rings. The van der Waals surface area contributed by atoms with Crippen LogP contribution in [0.2, 0.25) is 0 Å². The first-order chi connectivity index (χ1) is 10.5. The number of carboxylic acid groups (broad SMARTS) is 1. The van der Waals surface area contributed by atoms with Gasteiger partial charge in [0.25, 0.3) is 5.97 Å². The van der Waals surface area contributed by atoms with Crippen molar-refractivity contribution in [2.45, 2.75) is 13.3 Å². The normalized spacial score (nSPS) is 9.36. The Morgan fingerprint density at radius 1 is 1.23 bits per heavy atom. The van der Waals surface area contributed by atoms with Gasteiger partial charge in [-0.05, 0) is 24.1 Å². The van der Waals surface area contributed by atoms with Gasteiger partial charge >= 0.3 is 0 Å². The molecule has 2 aromatic carbocycles. The van der Waals surface area contributed by atoms with Gasteiger partial charge in [-0.15, -0.1) is 6.58 Å². The van der Waals surface area contributed by atoms with Gasteiger partial charge in [0.15, 0.2) is 0 Å². The van der Waals surface area contributed by atoms with Crippen LogP contribution in [0.5, 0.6) is 11.5 Å². The van der Waals surface area contributed by atoms with Crippen LogP contribution in [0, 0.1) is 0 Å². The number of rotatable bonds is 4. The minimum Gasteiger partial charge on any atom is -0.507 e. The van der Waals surface area contributed by atoms with E-state index < -0.39 is 5.97 Å². The second-order valence-electron chi connectivity index (χ2n) is 4.56. The molecule has 0 saturated heterocycles. The lowest BCUT2D eigenvalue weighted by Gasteiger charge is -2.11. The van der Waals surface area contributed by atoms with Crippen molar-refractivity contribution in [1.29, 1.82) is 0 Å². The monoisotopic (exact) mass is 300 g/mol. The summed E-state index contributed by atoms with van der Waals surface area (Å²) in [5, 5.41) is 17.3. The summed E-state index contributed by atoms with van der Waals surface area (Å²) in [6.45, 7) is 4.81. The van der Waals surface area contributed by atoms with Crippen LogP contribution in [-0.2, 0) is 11.2 Å². The highest BCUT2D eigenvalue weighted by Crippen LogP contribution is 2.36. The number of phenolic OH excluding ortho intramolecular Hbond substituents is 1. The zero-order valence-electron chi connectivity index (χ0n) is 12.7. The molecular formula is C18H20O4. The zero-order chi connectivity index (χ0) is 16.5. The second kappa shape index (κ2) is 8.52. The Morgan fingerprint density at radius 3 is 2.41 bits per heavy atom. The Balaban J connectivity index is 0.000000541. The molecule has 0 unspecified atom stereocenters. The van der Waals surface area contributed by atoms with Crippen LogP contribution in [0.3, 0.4) is 0 Å². The van der Waals surface area contributed by atoms with E-state index in [4.69, 9.17) is 14.6 Å². The number of methoxy groups -OCH3 is 1. The molecule has 0 amide bonds. The quantitative estimate of drug-likeness (QED) is 0.841. The highest BCUT2D eigenvalue weighted by Gasteiger charge is 2.09. The molecule has 22 heavy (non-hydrogen) atoms. The largest absolute Gasteiger partial charge is 0.507 e. The van der Waals surface area contributed by atoms with Gasteiger partial charge in [-0.25, -0.2) is 0 Å². The number of hydrogen-bond acceptors (Lipinski definition) is 3. The van der Waals surface area contributed by atoms with Gasteiger partial charge in [0.2, 0.25) is 0 Å². The number of aromatic hydroxyl groups is 1. The third-order valence-corrected chi connectivity index (χ3v) is 2.84. The maximum Gasteiger partial charge on any atom is 0.300 e. The molecule has 0 radical (unpaired) electrons. The number of aliphatic carboxylic acids is 1. The Bertz CT molecular complexity index is 643. The predicted octanol–water partition coefficient (Wildman–Crippen LogP) is 3.89. The fraction of sp³-hybridized carbons (Fsp3) is 0.167. The number of carbonyl (C=O) groups is 1. The smallest absolute Gasteiger partial charge is 0.300 e. The summed E-state index contributed by atoms with van der Waals surface area (Å²) < 4.78 is 5.40. The molecule has 116 valence electrons. The number of allylic oxidation sites excluding steroid dienone is 1. The average molecular weight is 300 g/mol. The molecule has 0 heterocycles. The van der Waals surface area contributed by atoms with Crippen molar-refractivity contribution in [3.05, 3.63) is 60.7 Å². The number of benzene rings is 2. The highest BCUT2D eigenvalue weighted by molar-refractivity contribution is 5.75. The lowest BCUT2D eigenvalue weighted by molar-refractivity contribution is -0.134. The molecule has 0 atom stereocenters. The van der Waals surface area contributed by atoms with Crippen molar-refractivity contribution in [3.8, 4) is 22.6 Å². The summed E-state index contributed by atoms with van der Waals surface area (Å²) in [5.41, 5.74) is 2.81. The Morgan fingerprint density at radius 2 is 1.86 bits per heavy atom. The first kappa shape index (κ1) is 17.3.